The minimum absolute atomic E-state index is 0.688. The van der Waals surface area contributed by atoms with Crippen LogP contribution in [-0.2, 0) is 13.1 Å². The Labute approximate surface area is 131 Å². The van der Waals surface area contributed by atoms with Crippen LogP contribution in [0, 0.1) is 0 Å². The predicted octanol–water partition coefficient (Wildman–Crippen LogP) is 3.27. The van der Waals surface area contributed by atoms with Gasteiger partial charge >= 0.3 is 0 Å². The molecule has 1 aromatic carbocycles. The van der Waals surface area contributed by atoms with Gasteiger partial charge in [0.25, 0.3) is 0 Å². The number of nitrogens with one attached hydrogen (secondary N) is 1. The van der Waals surface area contributed by atoms with Crippen LogP contribution in [0.3, 0.4) is 0 Å². The number of rotatable bonds is 7. The molecule has 0 aliphatic heterocycles. The summed E-state index contributed by atoms with van der Waals surface area (Å²) < 4.78 is 0. The molecule has 21 heavy (non-hydrogen) atoms. The zero-order valence-electron chi connectivity index (χ0n) is 12.5. The summed E-state index contributed by atoms with van der Waals surface area (Å²) in [6, 6.07) is 7.83. The lowest BCUT2D eigenvalue weighted by Crippen LogP contribution is -2.20. The van der Waals surface area contributed by atoms with E-state index >= 15 is 0 Å². The van der Waals surface area contributed by atoms with Crippen LogP contribution < -0.4 is 10.2 Å². The average Bonchev–Trinajstić information content (AvgIpc) is 2.50. The van der Waals surface area contributed by atoms with E-state index in [1.807, 2.05) is 48.6 Å². The molecule has 0 unspecified atom stereocenters. The van der Waals surface area contributed by atoms with Crippen molar-refractivity contribution >= 4 is 17.5 Å². The lowest BCUT2D eigenvalue weighted by Gasteiger charge is -2.17. The minimum Gasteiger partial charge on any atom is -0.340 e. The summed E-state index contributed by atoms with van der Waals surface area (Å²) in [4.78, 5) is 10.8. The van der Waals surface area contributed by atoms with Crippen LogP contribution in [0.5, 0.6) is 0 Å². The van der Waals surface area contributed by atoms with Gasteiger partial charge in [0.1, 0.15) is 0 Å². The molecule has 0 amide bonds. The summed E-state index contributed by atoms with van der Waals surface area (Å²) in [5, 5.41) is 4.10. The maximum atomic E-state index is 6.18. The normalized spacial score (nSPS) is 10.6. The molecule has 1 heterocycles. The van der Waals surface area contributed by atoms with Crippen molar-refractivity contribution in [3.05, 3.63) is 52.8 Å². The maximum absolute atomic E-state index is 6.18. The summed E-state index contributed by atoms with van der Waals surface area (Å²) in [5.74, 6) is 0.703. The third kappa shape index (κ3) is 4.69. The van der Waals surface area contributed by atoms with Gasteiger partial charge in [-0.25, -0.2) is 9.97 Å². The quantitative estimate of drug-likeness (QED) is 0.797. The van der Waals surface area contributed by atoms with E-state index in [4.69, 9.17) is 11.6 Å². The molecule has 0 spiro atoms. The van der Waals surface area contributed by atoms with Crippen LogP contribution in [0.4, 0.5) is 5.95 Å². The summed E-state index contributed by atoms with van der Waals surface area (Å²) in [6.07, 6.45) is 4.86. The van der Waals surface area contributed by atoms with Gasteiger partial charge in [-0.05, 0) is 24.6 Å². The first-order valence-corrected chi connectivity index (χ1v) is 7.54. The zero-order chi connectivity index (χ0) is 15.1. The second-order valence-corrected chi connectivity index (χ2v) is 5.42. The molecule has 112 valence electrons. The molecule has 0 aliphatic carbocycles. The molecule has 1 N–H and O–H groups in total. The Kier molecular flexibility index (Phi) is 5.96. The number of hydrogen-bond acceptors (Lipinski definition) is 4. The zero-order valence-corrected chi connectivity index (χ0v) is 13.3. The highest BCUT2D eigenvalue weighted by atomic mass is 35.5. The number of hydrogen-bond donors (Lipinski definition) is 1. The molecule has 4 nitrogen and oxygen atoms in total. The van der Waals surface area contributed by atoms with Gasteiger partial charge < -0.3 is 10.2 Å². The predicted molar refractivity (Wildman–Crippen MR) is 87.6 cm³/mol. The van der Waals surface area contributed by atoms with E-state index < -0.39 is 0 Å². The Morgan fingerprint density at radius 3 is 2.57 bits per heavy atom. The maximum Gasteiger partial charge on any atom is 0.225 e. The second kappa shape index (κ2) is 7.96. The highest BCUT2D eigenvalue weighted by Crippen LogP contribution is 2.18. The fourth-order valence-corrected chi connectivity index (χ4v) is 2.19. The van der Waals surface area contributed by atoms with Crippen molar-refractivity contribution in [2.24, 2.45) is 0 Å². The molecule has 0 saturated heterocycles. The first kappa shape index (κ1) is 15.7. The highest BCUT2D eigenvalue weighted by molar-refractivity contribution is 6.31. The summed E-state index contributed by atoms with van der Waals surface area (Å²) in [7, 11) is 1.97. The van der Waals surface area contributed by atoms with E-state index in [2.05, 4.69) is 22.2 Å². The van der Waals surface area contributed by atoms with Crippen molar-refractivity contribution in [2.75, 3.05) is 18.5 Å². The molecule has 0 aliphatic rings. The van der Waals surface area contributed by atoms with Crippen molar-refractivity contribution in [3.8, 4) is 0 Å². The van der Waals surface area contributed by atoms with Crippen molar-refractivity contribution in [1.82, 2.24) is 15.3 Å². The molecule has 0 atom stereocenters. The highest BCUT2D eigenvalue weighted by Gasteiger charge is 2.07. The third-order valence-corrected chi connectivity index (χ3v) is 3.52. The van der Waals surface area contributed by atoms with Crippen LogP contribution in [-0.4, -0.2) is 23.6 Å². The number of benzene rings is 1. The largest absolute Gasteiger partial charge is 0.340 e. The fraction of sp³-hybridized carbons (Fsp3) is 0.375. The molecule has 0 bridgehead atoms. The van der Waals surface area contributed by atoms with Gasteiger partial charge in [0.05, 0.1) is 0 Å². The number of aromatic nitrogens is 2. The smallest absolute Gasteiger partial charge is 0.225 e. The van der Waals surface area contributed by atoms with E-state index in [9.17, 15) is 0 Å². The van der Waals surface area contributed by atoms with Gasteiger partial charge in [0.2, 0.25) is 5.95 Å². The van der Waals surface area contributed by atoms with E-state index in [1.54, 1.807) is 0 Å². The number of anilines is 1. The Hall–Kier alpha value is -1.65. The number of halogens is 1. The monoisotopic (exact) mass is 304 g/mol. The van der Waals surface area contributed by atoms with Crippen molar-refractivity contribution in [2.45, 2.75) is 26.4 Å². The van der Waals surface area contributed by atoms with Crippen molar-refractivity contribution < 1.29 is 0 Å². The molecule has 0 fully saturated rings. The first-order valence-electron chi connectivity index (χ1n) is 7.17. The molecule has 0 saturated carbocycles. The van der Waals surface area contributed by atoms with E-state index in [-0.39, 0.29) is 0 Å². The van der Waals surface area contributed by atoms with Crippen LogP contribution in [0.25, 0.3) is 0 Å². The lowest BCUT2D eigenvalue weighted by atomic mass is 10.2. The van der Waals surface area contributed by atoms with Gasteiger partial charge in [0, 0.05) is 43.1 Å². The van der Waals surface area contributed by atoms with E-state index in [0.29, 0.717) is 12.5 Å². The van der Waals surface area contributed by atoms with Crippen molar-refractivity contribution in [1.29, 1.82) is 0 Å². The topological polar surface area (TPSA) is 41.1 Å². The summed E-state index contributed by atoms with van der Waals surface area (Å²) >= 11 is 6.18. The Balaban J connectivity index is 1.96. The SMILES string of the molecule is CCCNCc1cnc(N(C)Cc2ccccc2Cl)nc1. The minimum atomic E-state index is 0.688. The summed E-state index contributed by atoms with van der Waals surface area (Å²) in [6.45, 7) is 4.65. The van der Waals surface area contributed by atoms with Crippen LogP contribution in [0.15, 0.2) is 36.7 Å². The van der Waals surface area contributed by atoms with Gasteiger partial charge in [-0.1, -0.05) is 36.7 Å². The first-order chi connectivity index (χ1) is 10.2. The van der Waals surface area contributed by atoms with Crippen molar-refractivity contribution in [3.63, 3.8) is 0 Å². The van der Waals surface area contributed by atoms with Crippen LogP contribution in [0.2, 0.25) is 5.02 Å². The number of nitrogens with zero attached hydrogens (tertiary/aromatic N) is 3. The van der Waals surface area contributed by atoms with E-state index in [0.717, 1.165) is 35.7 Å². The Morgan fingerprint density at radius 2 is 1.90 bits per heavy atom. The molecular weight excluding hydrogens is 284 g/mol. The molecule has 0 radical (unpaired) electrons. The fourth-order valence-electron chi connectivity index (χ4n) is 2.00. The Morgan fingerprint density at radius 1 is 1.19 bits per heavy atom. The lowest BCUT2D eigenvalue weighted by molar-refractivity contribution is 0.671. The average molecular weight is 305 g/mol. The third-order valence-electron chi connectivity index (χ3n) is 3.15. The van der Waals surface area contributed by atoms with E-state index in [1.165, 1.54) is 0 Å². The molecule has 5 heteroatoms. The standard InChI is InChI=1S/C16H21ClN4/c1-3-8-18-9-13-10-19-16(20-11-13)21(2)12-14-6-4-5-7-15(14)17/h4-7,10-11,18H,3,8-9,12H2,1-2H3. The molecule has 2 rings (SSSR count). The van der Waals surface area contributed by atoms with Gasteiger partial charge in [-0.2, -0.15) is 0 Å². The molecule has 2 aromatic rings. The van der Waals surface area contributed by atoms with Crippen LogP contribution >= 0.6 is 11.6 Å². The Bertz CT molecular complexity index is 556. The van der Waals surface area contributed by atoms with Crippen LogP contribution in [0.1, 0.15) is 24.5 Å². The second-order valence-electron chi connectivity index (χ2n) is 5.02. The molecular formula is C16H21ClN4. The van der Waals surface area contributed by atoms with Gasteiger partial charge in [-0.3, -0.25) is 0 Å². The van der Waals surface area contributed by atoms with Gasteiger partial charge in [0.15, 0.2) is 0 Å². The molecule has 1 aromatic heterocycles. The summed E-state index contributed by atoms with van der Waals surface area (Å²) in [5.41, 5.74) is 2.16. The van der Waals surface area contributed by atoms with Gasteiger partial charge in [-0.15, -0.1) is 0 Å².